The molecule has 3 aliphatic heterocycles. The molecule has 0 aromatic heterocycles. The lowest BCUT2D eigenvalue weighted by molar-refractivity contribution is -0.906. The van der Waals surface area contributed by atoms with Crippen molar-refractivity contribution in [3.63, 3.8) is 0 Å². The molecule has 0 radical (unpaired) electrons. The van der Waals surface area contributed by atoms with Gasteiger partial charge in [0.1, 0.15) is 5.75 Å². The molecule has 2 aromatic carbocycles. The van der Waals surface area contributed by atoms with E-state index in [1.54, 1.807) is 18.1 Å². The van der Waals surface area contributed by atoms with Gasteiger partial charge in [0.15, 0.2) is 11.5 Å². The third-order valence-corrected chi connectivity index (χ3v) is 6.66. The van der Waals surface area contributed by atoms with Crippen LogP contribution in [0.2, 0.25) is 0 Å². The van der Waals surface area contributed by atoms with Crippen molar-refractivity contribution in [2.24, 2.45) is 5.10 Å². The Kier molecular flexibility index (Phi) is 4.39. The number of quaternary nitrogens is 1. The molecule has 0 saturated carbocycles. The Bertz CT molecular complexity index is 950. The number of hydrogen-bond donors (Lipinski definition) is 2. The summed E-state index contributed by atoms with van der Waals surface area (Å²) in [5.41, 5.74) is 2.82. The molecule has 2 aromatic rings. The lowest BCUT2D eigenvalue weighted by Gasteiger charge is -2.50. The third kappa shape index (κ3) is 2.94. The number of phenolic OH excluding ortho intramolecular Hbond substituents is 1. The summed E-state index contributed by atoms with van der Waals surface area (Å²) in [6.07, 6.45) is 2.76. The van der Waals surface area contributed by atoms with Gasteiger partial charge in [-0.15, -0.1) is 0 Å². The van der Waals surface area contributed by atoms with E-state index in [1.807, 2.05) is 12.1 Å². The van der Waals surface area contributed by atoms with Crippen molar-refractivity contribution in [2.45, 2.75) is 38.0 Å². The number of fused-ring (bicyclic) bond motifs is 4. The maximum absolute atomic E-state index is 9.96. The zero-order valence-corrected chi connectivity index (χ0v) is 17.0. The third-order valence-electron chi connectivity index (χ3n) is 6.66. The van der Waals surface area contributed by atoms with E-state index in [1.165, 1.54) is 5.56 Å². The molecule has 29 heavy (non-hydrogen) atoms. The number of nitrogens with one attached hydrogen (secondary N) is 1. The predicted octanol–water partition coefficient (Wildman–Crippen LogP) is 2.34. The highest BCUT2D eigenvalue weighted by Gasteiger charge is 2.52. The van der Waals surface area contributed by atoms with Crippen molar-refractivity contribution < 1.29 is 19.5 Å². The Hall–Kier alpha value is -2.73. The van der Waals surface area contributed by atoms with Gasteiger partial charge in [0, 0.05) is 17.5 Å². The first-order valence-corrected chi connectivity index (χ1v) is 10.5. The van der Waals surface area contributed by atoms with Crippen LogP contribution in [0.4, 0.5) is 0 Å². The molecule has 1 fully saturated rings. The first-order chi connectivity index (χ1) is 14.1. The fourth-order valence-electron chi connectivity index (χ4n) is 4.94. The second kappa shape index (κ2) is 6.95. The molecule has 5 rings (SSSR count). The second-order valence-corrected chi connectivity index (χ2v) is 8.19. The van der Waals surface area contributed by atoms with Crippen LogP contribution < -0.4 is 14.4 Å². The van der Waals surface area contributed by atoms with E-state index in [2.05, 4.69) is 36.2 Å². The van der Waals surface area contributed by atoms with E-state index in [9.17, 15) is 5.11 Å². The summed E-state index contributed by atoms with van der Waals surface area (Å²) in [6, 6.07) is 14.0. The largest absolute Gasteiger partial charge is 0.504 e. The van der Waals surface area contributed by atoms with E-state index in [4.69, 9.17) is 14.6 Å². The number of hydrazone groups is 1. The number of rotatable bonds is 3. The molecule has 1 spiro atoms. The molecule has 1 saturated heterocycles. The maximum Gasteiger partial charge on any atom is 0.208 e. The van der Waals surface area contributed by atoms with Crippen molar-refractivity contribution in [1.29, 1.82) is 0 Å². The summed E-state index contributed by atoms with van der Waals surface area (Å²) >= 11 is 0. The Labute approximate surface area is 171 Å². The molecule has 1 atom stereocenters. The number of phenols is 1. The highest BCUT2D eigenvalue weighted by atomic mass is 16.5. The molecule has 3 heterocycles. The standard InChI is InChI=1S/C23H27N3O3/c1-3-25-12-10-23(11-13-25)26-19(17-6-4-5-7-21(17)29-23)15-18(24-26)16-8-9-20(27)22(14-16)28-2/h4-9,14,19,27H,3,10-13,15H2,1-2H3/p+1/t19-/m1/s1. The predicted molar refractivity (Wildman–Crippen MR) is 111 cm³/mol. The minimum atomic E-state index is -0.375. The van der Waals surface area contributed by atoms with Crippen molar-refractivity contribution in [1.82, 2.24) is 5.01 Å². The molecule has 3 aliphatic rings. The van der Waals surface area contributed by atoms with Crippen LogP contribution in [0.1, 0.15) is 43.4 Å². The quantitative estimate of drug-likeness (QED) is 0.839. The molecular weight excluding hydrogens is 366 g/mol. The lowest BCUT2D eigenvalue weighted by Crippen LogP contribution is -3.13. The maximum atomic E-state index is 9.96. The van der Waals surface area contributed by atoms with Crippen LogP contribution in [0, 0.1) is 0 Å². The Morgan fingerprint density at radius 2 is 2.03 bits per heavy atom. The van der Waals surface area contributed by atoms with E-state index >= 15 is 0 Å². The molecule has 152 valence electrons. The van der Waals surface area contributed by atoms with E-state index in [0.29, 0.717) is 5.75 Å². The number of ether oxygens (including phenoxy) is 2. The fourth-order valence-corrected chi connectivity index (χ4v) is 4.94. The molecule has 0 amide bonds. The van der Waals surface area contributed by atoms with Gasteiger partial charge < -0.3 is 19.5 Å². The molecular formula is C23H28N3O3+. The topological polar surface area (TPSA) is 58.7 Å². The number of aromatic hydroxyl groups is 1. The van der Waals surface area contributed by atoms with Gasteiger partial charge in [0.2, 0.25) is 5.72 Å². The molecule has 0 unspecified atom stereocenters. The highest BCUT2D eigenvalue weighted by molar-refractivity contribution is 6.02. The molecule has 0 aliphatic carbocycles. The van der Waals surface area contributed by atoms with Gasteiger partial charge in [-0.25, -0.2) is 5.01 Å². The van der Waals surface area contributed by atoms with Gasteiger partial charge >= 0.3 is 0 Å². The molecule has 2 N–H and O–H groups in total. The van der Waals surface area contributed by atoms with Crippen molar-refractivity contribution in [3.05, 3.63) is 53.6 Å². The summed E-state index contributed by atoms with van der Waals surface area (Å²) in [5.74, 6) is 1.61. The number of nitrogens with zero attached hydrogens (tertiary/aromatic N) is 2. The van der Waals surface area contributed by atoms with Gasteiger partial charge in [0.25, 0.3) is 0 Å². The summed E-state index contributed by atoms with van der Waals surface area (Å²) in [6.45, 7) is 5.59. The second-order valence-electron chi connectivity index (χ2n) is 8.19. The number of likely N-dealkylation sites (tertiary alicyclic amines) is 1. The molecule has 6 nitrogen and oxygen atoms in total. The van der Waals surface area contributed by atoms with E-state index < -0.39 is 0 Å². The van der Waals surface area contributed by atoms with E-state index in [0.717, 1.165) is 55.9 Å². The van der Waals surface area contributed by atoms with Crippen LogP contribution in [-0.4, -0.2) is 48.3 Å². The Balaban J connectivity index is 1.54. The Morgan fingerprint density at radius 3 is 2.79 bits per heavy atom. The van der Waals surface area contributed by atoms with Crippen LogP contribution in [-0.2, 0) is 0 Å². The fraction of sp³-hybridized carbons (Fsp3) is 0.435. The van der Waals surface area contributed by atoms with Gasteiger partial charge in [-0.2, -0.15) is 5.10 Å². The zero-order chi connectivity index (χ0) is 20.0. The number of methoxy groups -OCH3 is 1. The van der Waals surface area contributed by atoms with Crippen LogP contribution in [0.3, 0.4) is 0 Å². The van der Waals surface area contributed by atoms with Crippen LogP contribution in [0.25, 0.3) is 0 Å². The SMILES string of the molecule is CC[NH+]1CCC2(CC1)Oc1ccccc1[C@H]1CC(c3ccc(O)c(OC)c3)=NN12. The van der Waals surface area contributed by atoms with Gasteiger partial charge in [-0.3, -0.25) is 0 Å². The van der Waals surface area contributed by atoms with E-state index in [-0.39, 0.29) is 17.5 Å². The minimum absolute atomic E-state index is 0.146. The van der Waals surface area contributed by atoms with Crippen molar-refractivity contribution in [2.75, 3.05) is 26.7 Å². The number of para-hydroxylation sites is 1. The summed E-state index contributed by atoms with van der Waals surface area (Å²) in [7, 11) is 1.57. The van der Waals surface area contributed by atoms with Crippen LogP contribution in [0.5, 0.6) is 17.2 Å². The van der Waals surface area contributed by atoms with Crippen LogP contribution >= 0.6 is 0 Å². The first-order valence-electron chi connectivity index (χ1n) is 10.5. The average molecular weight is 394 g/mol. The van der Waals surface area contributed by atoms with Gasteiger partial charge in [-0.1, -0.05) is 18.2 Å². The van der Waals surface area contributed by atoms with Crippen molar-refractivity contribution >= 4 is 5.71 Å². The highest BCUT2D eigenvalue weighted by Crippen LogP contribution is 2.49. The van der Waals surface area contributed by atoms with Crippen molar-refractivity contribution in [3.8, 4) is 17.2 Å². The number of hydrogen-bond acceptors (Lipinski definition) is 5. The number of benzene rings is 2. The van der Waals surface area contributed by atoms with Gasteiger partial charge in [-0.05, 0) is 31.2 Å². The minimum Gasteiger partial charge on any atom is -0.504 e. The Morgan fingerprint density at radius 1 is 1.24 bits per heavy atom. The molecule has 6 heteroatoms. The smallest absolute Gasteiger partial charge is 0.208 e. The average Bonchev–Trinajstić information content (AvgIpc) is 3.22. The zero-order valence-electron chi connectivity index (χ0n) is 17.0. The monoisotopic (exact) mass is 394 g/mol. The summed E-state index contributed by atoms with van der Waals surface area (Å²) in [4.78, 5) is 1.63. The lowest BCUT2D eigenvalue weighted by atomic mass is 9.90. The van der Waals surface area contributed by atoms with Gasteiger partial charge in [0.05, 0.1) is 51.3 Å². The van der Waals surface area contributed by atoms with Crippen LogP contribution in [0.15, 0.2) is 47.6 Å². The summed E-state index contributed by atoms with van der Waals surface area (Å²) < 4.78 is 12.0. The first kappa shape index (κ1) is 18.3. The normalized spacial score (nSPS) is 27.8. The number of piperidine rings is 1. The molecule has 0 bridgehead atoms. The summed E-state index contributed by atoms with van der Waals surface area (Å²) in [5, 5.41) is 17.3.